The van der Waals surface area contributed by atoms with Crippen molar-refractivity contribution in [3.05, 3.63) is 65.5 Å². The fourth-order valence-corrected chi connectivity index (χ4v) is 2.49. The minimum atomic E-state index is -0.277. The molecular formula is C19H23FN2O2. The molecule has 0 aliphatic rings. The number of carbonyl (C=O) groups is 1. The Labute approximate surface area is 141 Å². The first-order valence-corrected chi connectivity index (χ1v) is 7.91. The summed E-state index contributed by atoms with van der Waals surface area (Å²) in [5.74, 6) is 0.370. The molecule has 2 aromatic rings. The lowest BCUT2D eigenvalue weighted by Gasteiger charge is -2.20. The molecule has 0 aliphatic heterocycles. The molecule has 2 rings (SSSR count). The maximum atomic E-state index is 13.1. The Morgan fingerprint density at radius 2 is 1.79 bits per heavy atom. The highest BCUT2D eigenvalue weighted by Gasteiger charge is 2.16. The van der Waals surface area contributed by atoms with Crippen LogP contribution in [0.3, 0.4) is 0 Å². The summed E-state index contributed by atoms with van der Waals surface area (Å²) < 4.78 is 18.3. The smallest absolute Gasteiger partial charge is 0.222 e. The Balaban J connectivity index is 2.18. The van der Waals surface area contributed by atoms with Gasteiger partial charge in [0.2, 0.25) is 5.91 Å². The molecule has 0 fully saturated rings. The Kier molecular flexibility index (Phi) is 6.32. The number of hydrogen-bond acceptors (Lipinski definition) is 3. The summed E-state index contributed by atoms with van der Waals surface area (Å²) in [6, 6.07) is 13.4. The van der Waals surface area contributed by atoms with E-state index in [9.17, 15) is 9.18 Å². The van der Waals surface area contributed by atoms with Gasteiger partial charge in [-0.3, -0.25) is 4.79 Å². The predicted octanol–water partition coefficient (Wildman–Crippen LogP) is 2.97. The summed E-state index contributed by atoms with van der Waals surface area (Å²) >= 11 is 0. The number of nitrogens with two attached hydrogens (primary N) is 1. The first-order chi connectivity index (χ1) is 11.5. The molecule has 5 heteroatoms. The molecule has 24 heavy (non-hydrogen) atoms. The van der Waals surface area contributed by atoms with E-state index in [1.807, 2.05) is 24.3 Å². The Hall–Kier alpha value is -2.40. The third kappa shape index (κ3) is 5.35. The quantitative estimate of drug-likeness (QED) is 0.820. The monoisotopic (exact) mass is 330 g/mol. The Morgan fingerprint density at radius 1 is 1.17 bits per heavy atom. The van der Waals surface area contributed by atoms with Crippen molar-refractivity contribution in [1.29, 1.82) is 0 Å². The molecule has 2 unspecified atom stereocenters. The van der Waals surface area contributed by atoms with Crippen molar-refractivity contribution in [2.75, 3.05) is 7.11 Å². The normalized spacial score (nSPS) is 13.2. The summed E-state index contributed by atoms with van der Waals surface area (Å²) in [6.45, 7) is 1.79. The van der Waals surface area contributed by atoms with Gasteiger partial charge < -0.3 is 15.8 Å². The van der Waals surface area contributed by atoms with Gasteiger partial charge in [-0.2, -0.15) is 0 Å². The zero-order valence-corrected chi connectivity index (χ0v) is 14.0. The van der Waals surface area contributed by atoms with E-state index in [1.165, 1.54) is 12.1 Å². The van der Waals surface area contributed by atoms with Crippen LogP contribution in [-0.2, 0) is 11.2 Å². The molecule has 0 aromatic heterocycles. The van der Waals surface area contributed by atoms with E-state index in [1.54, 1.807) is 26.2 Å². The van der Waals surface area contributed by atoms with E-state index in [2.05, 4.69) is 5.32 Å². The van der Waals surface area contributed by atoms with E-state index in [4.69, 9.17) is 10.5 Å². The van der Waals surface area contributed by atoms with Crippen molar-refractivity contribution in [3.8, 4) is 5.75 Å². The van der Waals surface area contributed by atoms with Crippen LogP contribution in [0.4, 0.5) is 4.39 Å². The highest BCUT2D eigenvalue weighted by atomic mass is 19.1. The maximum Gasteiger partial charge on any atom is 0.222 e. The fraction of sp³-hybridized carbons (Fsp3) is 0.316. The molecule has 0 heterocycles. The number of amides is 1. The molecule has 0 aliphatic carbocycles. The van der Waals surface area contributed by atoms with Crippen molar-refractivity contribution in [1.82, 2.24) is 5.32 Å². The van der Waals surface area contributed by atoms with Crippen molar-refractivity contribution in [2.45, 2.75) is 31.8 Å². The van der Waals surface area contributed by atoms with E-state index >= 15 is 0 Å². The Morgan fingerprint density at radius 3 is 2.33 bits per heavy atom. The zero-order chi connectivity index (χ0) is 17.5. The van der Waals surface area contributed by atoms with E-state index in [0.717, 1.165) is 16.9 Å². The number of benzene rings is 2. The number of nitrogens with one attached hydrogen (secondary N) is 1. The van der Waals surface area contributed by atoms with Gasteiger partial charge in [-0.1, -0.05) is 24.3 Å². The van der Waals surface area contributed by atoms with Crippen molar-refractivity contribution < 1.29 is 13.9 Å². The molecule has 0 radical (unpaired) electrons. The van der Waals surface area contributed by atoms with E-state index < -0.39 is 0 Å². The molecule has 4 nitrogen and oxygen atoms in total. The molecule has 2 aromatic carbocycles. The second-order valence-electron chi connectivity index (χ2n) is 5.91. The molecule has 1 amide bonds. The highest BCUT2D eigenvalue weighted by molar-refractivity contribution is 5.77. The molecule has 0 saturated heterocycles. The summed E-state index contributed by atoms with van der Waals surface area (Å²) in [6.07, 6.45) is 0.827. The molecule has 128 valence electrons. The van der Waals surface area contributed by atoms with Crippen LogP contribution in [0.2, 0.25) is 0 Å². The number of rotatable bonds is 7. The van der Waals surface area contributed by atoms with Crippen LogP contribution in [0.5, 0.6) is 5.75 Å². The molecular weight excluding hydrogens is 307 g/mol. The average molecular weight is 330 g/mol. The molecule has 0 saturated carbocycles. The molecule has 0 spiro atoms. The van der Waals surface area contributed by atoms with Crippen LogP contribution in [0.15, 0.2) is 48.5 Å². The lowest BCUT2D eigenvalue weighted by Crippen LogP contribution is -2.33. The van der Waals surface area contributed by atoms with Gasteiger partial charge in [0.15, 0.2) is 0 Å². The lowest BCUT2D eigenvalue weighted by molar-refractivity contribution is -0.122. The number of halogens is 1. The zero-order valence-electron chi connectivity index (χ0n) is 14.0. The molecule has 0 bridgehead atoms. The van der Waals surface area contributed by atoms with Gasteiger partial charge in [0.1, 0.15) is 11.6 Å². The number of hydrogen-bond donors (Lipinski definition) is 2. The first kappa shape index (κ1) is 17.9. The predicted molar refractivity (Wildman–Crippen MR) is 92.2 cm³/mol. The van der Waals surface area contributed by atoms with Gasteiger partial charge in [-0.15, -0.1) is 0 Å². The summed E-state index contributed by atoms with van der Waals surface area (Å²) in [4.78, 5) is 12.1. The summed E-state index contributed by atoms with van der Waals surface area (Å²) in [7, 11) is 1.61. The average Bonchev–Trinajstić information content (AvgIpc) is 2.55. The van der Waals surface area contributed by atoms with Crippen molar-refractivity contribution in [2.24, 2.45) is 5.73 Å². The topological polar surface area (TPSA) is 64.3 Å². The standard InChI is InChI=1S/C19H23FN2O2/c1-13(21)11-19(23)22-18(12-14-3-7-16(20)8-4-14)15-5-9-17(24-2)10-6-15/h3-10,13,18H,11-12,21H2,1-2H3,(H,22,23). The number of ether oxygens (including phenoxy) is 1. The van der Waals surface area contributed by atoms with Crippen LogP contribution in [0.25, 0.3) is 0 Å². The van der Waals surface area contributed by atoms with Gasteiger partial charge in [0.25, 0.3) is 0 Å². The maximum absolute atomic E-state index is 13.1. The number of carbonyl (C=O) groups excluding carboxylic acids is 1. The molecule has 2 atom stereocenters. The Bertz CT molecular complexity index is 654. The van der Waals surface area contributed by atoms with Gasteiger partial charge in [0.05, 0.1) is 13.2 Å². The second-order valence-corrected chi connectivity index (χ2v) is 5.91. The summed E-state index contributed by atoms with van der Waals surface area (Å²) in [5.41, 5.74) is 7.60. The van der Waals surface area contributed by atoms with Gasteiger partial charge >= 0.3 is 0 Å². The van der Waals surface area contributed by atoms with Crippen LogP contribution in [-0.4, -0.2) is 19.1 Å². The lowest BCUT2D eigenvalue weighted by atomic mass is 9.98. The molecule has 3 N–H and O–H groups in total. The number of methoxy groups -OCH3 is 1. The van der Waals surface area contributed by atoms with E-state index in [-0.39, 0.29) is 30.2 Å². The minimum absolute atomic E-state index is 0.104. The second kappa shape index (κ2) is 8.45. The third-order valence-electron chi connectivity index (χ3n) is 3.71. The first-order valence-electron chi connectivity index (χ1n) is 7.91. The SMILES string of the molecule is COc1ccc(C(Cc2ccc(F)cc2)NC(=O)CC(C)N)cc1. The fourth-order valence-electron chi connectivity index (χ4n) is 2.49. The van der Waals surface area contributed by atoms with Crippen LogP contribution in [0.1, 0.15) is 30.5 Å². The highest BCUT2D eigenvalue weighted by Crippen LogP contribution is 2.22. The van der Waals surface area contributed by atoms with Crippen molar-refractivity contribution in [3.63, 3.8) is 0 Å². The van der Waals surface area contributed by atoms with Gasteiger partial charge in [0, 0.05) is 12.5 Å². The minimum Gasteiger partial charge on any atom is -0.497 e. The van der Waals surface area contributed by atoms with Crippen LogP contribution in [0, 0.1) is 5.82 Å². The third-order valence-corrected chi connectivity index (χ3v) is 3.71. The van der Waals surface area contributed by atoms with Crippen LogP contribution < -0.4 is 15.8 Å². The van der Waals surface area contributed by atoms with Gasteiger partial charge in [-0.25, -0.2) is 4.39 Å². The van der Waals surface area contributed by atoms with Crippen LogP contribution >= 0.6 is 0 Å². The van der Waals surface area contributed by atoms with Crippen molar-refractivity contribution >= 4 is 5.91 Å². The van der Waals surface area contributed by atoms with E-state index in [0.29, 0.717) is 6.42 Å². The van der Waals surface area contributed by atoms with Gasteiger partial charge in [-0.05, 0) is 48.7 Å². The largest absolute Gasteiger partial charge is 0.497 e. The summed E-state index contributed by atoms with van der Waals surface area (Å²) in [5, 5.41) is 3.01.